The van der Waals surface area contributed by atoms with Crippen molar-refractivity contribution in [2.45, 2.75) is 51.4 Å². The predicted molar refractivity (Wildman–Crippen MR) is 130 cm³/mol. The molecule has 2 heterocycles. The zero-order chi connectivity index (χ0) is 20.4. The van der Waals surface area contributed by atoms with Crippen LogP contribution in [-0.2, 0) is 12.8 Å². The summed E-state index contributed by atoms with van der Waals surface area (Å²) in [6.07, 6.45) is 14.0. The number of unbranched alkanes of at least 4 members (excludes halogenated alkanes) is 5. The molecule has 0 aliphatic rings. The number of benzene rings is 2. The predicted octanol–water partition coefficient (Wildman–Crippen LogP) is 8.06. The van der Waals surface area contributed by atoms with Crippen molar-refractivity contribution in [2.75, 3.05) is 0 Å². The van der Waals surface area contributed by atoms with Gasteiger partial charge in [-0.1, -0.05) is 86.3 Å². The zero-order valence-corrected chi connectivity index (χ0v) is 18.9. The summed E-state index contributed by atoms with van der Waals surface area (Å²) in [6, 6.07) is 21.1. The number of hydrogen-bond acceptors (Lipinski definition) is 4. The number of rotatable bonds is 11. The minimum absolute atomic E-state index is 1.11. The maximum Gasteiger partial charge on any atom is 0.0931 e. The lowest BCUT2D eigenvalue weighted by molar-refractivity contribution is 0.593. The van der Waals surface area contributed by atoms with E-state index in [1.54, 1.807) is 0 Å². The Hall–Kier alpha value is -2.30. The van der Waals surface area contributed by atoms with Crippen molar-refractivity contribution in [1.29, 1.82) is 0 Å². The van der Waals surface area contributed by atoms with Gasteiger partial charge in [-0.25, -0.2) is 9.97 Å². The van der Waals surface area contributed by atoms with Crippen molar-refractivity contribution in [1.82, 2.24) is 9.97 Å². The first kappa shape index (κ1) is 21.0. The van der Waals surface area contributed by atoms with Crippen LogP contribution in [-0.4, -0.2) is 9.97 Å². The van der Waals surface area contributed by atoms with Gasteiger partial charge in [0.1, 0.15) is 0 Å². The molecule has 2 aromatic heterocycles. The summed E-state index contributed by atoms with van der Waals surface area (Å²) < 4.78 is 0. The molecule has 0 radical (unpaired) electrons. The Morgan fingerprint density at radius 1 is 0.500 bits per heavy atom. The molecule has 0 bridgehead atoms. The normalized spacial score (nSPS) is 11.1. The van der Waals surface area contributed by atoms with Crippen LogP contribution in [0.1, 0.15) is 48.5 Å². The van der Waals surface area contributed by atoms with Crippen molar-refractivity contribution >= 4 is 22.7 Å². The molecule has 4 aromatic rings. The first-order chi connectivity index (χ1) is 14.9. The lowest BCUT2D eigenvalue weighted by Gasteiger charge is -2.00. The second-order valence-corrected chi connectivity index (χ2v) is 9.82. The van der Waals surface area contributed by atoms with E-state index in [4.69, 9.17) is 0 Å². The Balaban J connectivity index is 1.08. The zero-order valence-electron chi connectivity index (χ0n) is 17.3. The molecule has 154 valence electrons. The highest BCUT2D eigenvalue weighted by atomic mass is 32.1. The average Bonchev–Trinajstić information content (AvgIpc) is 3.47. The van der Waals surface area contributed by atoms with Crippen molar-refractivity contribution in [3.05, 3.63) is 83.1 Å². The van der Waals surface area contributed by atoms with E-state index in [0.29, 0.717) is 0 Å². The molecule has 0 aliphatic carbocycles. The maximum absolute atomic E-state index is 4.61. The Bertz CT molecular complexity index is 922. The lowest BCUT2D eigenvalue weighted by atomic mass is 10.1. The minimum Gasteiger partial charge on any atom is -0.249 e. The van der Waals surface area contributed by atoms with Crippen LogP contribution in [0.15, 0.2) is 73.1 Å². The van der Waals surface area contributed by atoms with Crippen molar-refractivity contribution in [3.8, 4) is 20.9 Å². The van der Waals surface area contributed by atoms with Gasteiger partial charge in [0.05, 0.1) is 19.8 Å². The highest BCUT2D eigenvalue weighted by Crippen LogP contribution is 2.28. The molecule has 0 amide bonds. The van der Waals surface area contributed by atoms with Gasteiger partial charge >= 0.3 is 0 Å². The van der Waals surface area contributed by atoms with Gasteiger partial charge < -0.3 is 0 Å². The highest BCUT2D eigenvalue weighted by Gasteiger charge is 2.05. The summed E-state index contributed by atoms with van der Waals surface area (Å²) in [6.45, 7) is 0. The Kier molecular flexibility index (Phi) is 7.81. The summed E-state index contributed by atoms with van der Waals surface area (Å²) in [4.78, 5) is 11.8. The van der Waals surface area contributed by atoms with Gasteiger partial charge in [-0.2, -0.15) is 0 Å². The van der Waals surface area contributed by atoms with E-state index in [9.17, 15) is 0 Å². The summed E-state index contributed by atoms with van der Waals surface area (Å²) in [5.41, 5.74) is 2.55. The molecular weight excluding hydrogens is 404 g/mol. The first-order valence-corrected chi connectivity index (χ1v) is 12.5. The van der Waals surface area contributed by atoms with E-state index in [2.05, 4.69) is 70.6 Å². The minimum atomic E-state index is 1.11. The fraction of sp³-hybridized carbons (Fsp3) is 0.308. The summed E-state index contributed by atoms with van der Waals surface area (Å²) in [5.74, 6) is 0. The number of aromatic nitrogens is 2. The van der Waals surface area contributed by atoms with Crippen LogP contribution in [0.2, 0.25) is 0 Å². The average molecular weight is 433 g/mol. The number of hydrogen-bond donors (Lipinski definition) is 0. The molecule has 0 spiro atoms. The SMILES string of the molecule is c1ccc(-c2cnc(CCCCCCCCc3ncc(-c4ccccc4)s3)s2)cc1. The van der Waals surface area contributed by atoms with Crippen LogP contribution >= 0.6 is 22.7 Å². The third kappa shape index (κ3) is 6.10. The van der Waals surface area contributed by atoms with E-state index in [1.807, 2.05) is 35.1 Å². The lowest BCUT2D eigenvalue weighted by Crippen LogP contribution is -1.87. The molecule has 0 aliphatic heterocycles. The monoisotopic (exact) mass is 432 g/mol. The molecule has 4 rings (SSSR count). The quantitative estimate of drug-likeness (QED) is 0.224. The number of thiazole rings is 2. The van der Waals surface area contributed by atoms with E-state index >= 15 is 0 Å². The molecule has 0 saturated heterocycles. The molecule has 0 fully saturated rings. The second-order valence-electron chi connectivity index (χ2n) is 7.59. The molecule has 4 heteroatoms. The Labute approximate surface area is 187 Å². The number of aryl methyl sites for hydroxylation is 2. The molecule has 0 atom stereocenters. The smallest absolute Gasteiger partial charge is 0.0931 e. The topological polar surface area (TPSA) is 25.8 Å². The van der Waals surface area contributed by atoms with Crippen molar-refractivity contribution in [2.24, 2.45) is 0 Å². The van der Waals surface area contributed by atoms with Crippen LogP contribution in [0.3, 0.4) is 0 Å². The molecule has 0 saturated carbocycles. The summed E-state index contributed by atoms with van der Waals surface area (Å²) in [5, 5.41) is 2.54. The van der Waals surface area contributed by atoms with Gasteiger partial charge in [0.15, 0.2) is 0 Å². The standard InChI is InChI=1S/C26H28N2S2/c1(3-11-17-25-27-19-23(29-25)21-13-7-5-8-14-21)2-4-12-18-26-28-20-24(30-26)22-15-9-6-10-16-22/h5-10,13-16,19-20H,1-4,11-12,17-18H2. The molecule has 0 unspecified atom stereocenters. The van der Waals surface area contributed by atoms with Gasteiger partial charge in [-0.3, -0.25) is 0 Å². The van der Waals surface area contributed by atoms with E-state index in [0.717, 1.165) is 12.8 Å². The Morgan fingerprint density at radius 2 is 0.900 bits per heavy atom. The fourth-order valence-electron chi connectivity index (χ4n) is 3.58. The van der Waals surface area contributed by atoms with Gasteiger partial charge in [0.2, 0.25) is 0 Å². The van der Waals surface area contributed by atoms with E-state index in [-0.39, 0.29) is 0 Å². The first-order valence-electron chi connectivity index (χ1n) is 10.9. The van der Waals surface area contributed by atoms with Crippen molar-refractivity contribution in [3.63, 3.8) is 0 Å². The van der Waals surface area contributed by atoms with E-state index in [1.165, 1.54) is 69.4 Å². The van der Waals surface area contributed by atoms with Crippen LogP contribution in [0.4, 0.5) is 0 Å². The van der Waals surface area contributed by atoms with Gasteiger partial charge in [-0.05, 0) is 36.8 Å². The van der Waals surface area contributed by atoms with E-state index < -0.39 is 0 Å². The van der Waals surface area contributed by atoms with Crippen LogP contribution in [0.5, 0.6) is 0 Å². The van der Waals surface area contributed by atoms with Crippen LogP contribution < -0.4 is 0 Å². The second kappa shape index (κ2) is 11.2. The van der Waals surface area contributed by atoms with Gasteiger partial charge in [0.25, 0.3) is 0 Å². The van der Waals surface area contributed by atoms with Crippen LogP contribution in [0.25, 0.3) is 20.9 Å². The molecule has 0 N–H and O–H groups in total. The Morgan fingerprint density at radius 3 is 1.33 bits per heavy atom. The molecule has 30 heavy (non-hydrogen) atoms. The summed E-state index contributed by atoms with van der Waals surface area (Å²) in [7, 11) is 0. The molecule has 2 aromatic carbocycles. The highest BCUT2D eigenvalue weighted by molar-refractivity contribution is 7.15. The maximum atomic E-state index is 4.61. The third-order valence-electron chi connectivity index (χ3n) is 5.26. The summed E-state index contributed by atoms with van der Waals surface area (Å²) >= 11 is 3.68. The third-order valence-corrected chi connectivity index (χ3v) is 7.47. The molecular formula is C26H28N2S2. The molecule has 2 nitrogen and oxygen atoms in total. The van der Waals surface area contributed by atoms with Gasteiger partial charge in [0, 0.05) is 12.4 Å². The van der Waals surface area contributed by atoms with Crippen molar-refractivity contribution < 1.29 is 0 Å². The fourth-order valence-corrected chi connectivity index (χ4v) is 5.51. The van der Waals surface area contributed by atoms with Gasteiger partial charge in [-0.15, -0.1) is 22.7 Å². The number of nitrogens with zero attached hydrogens (tertiary/aromatic N) is 2. The largest absolute Gasteiger partial charge is 0.249 e. The van der Waals surface area contributed by atoms with Crippen LogP contribution in [0, 0.1) is 0 Å².